The zero-order valence-corrected chi connectivity index (χ0v) is 12.2. The van der Waals surface area contributed by atoms with Crippen molar-refractivity contribution in [3.05, 3.63) is 35.6 Å². The number of aromatic nitrogens is 1. The van der Waals surface area contributed by atoms with Crippen LogP contribution >= 0.6 is 0 Å². The van der Waals surface area contributed by atoms with E-state index in [9.17, 15) is 23.1 Å². The van der Waals surface area contributed by atoms with E-state index in [-0.39, 0.29) is 37.2 Å². The van der Waals surface area contributed by atoms with E-state index in [4.69, 9.17) is 0 Å². The van der Waals surface area contributed by atoms with Crippen molar-refractivity contribution >= 4 is 22.7 Å². The normalized spacial score (nSPS) is 18.0. The molecule has 4 nitrogen and oxygen atoms in total. The Labute approximate surface area is 130 Å². The maximum Gasteiger partial charge on any atom is 0.339 e. The van der Waals surface area contributed by atoms with Gasteiger partial charge in [-0.25, -0.2) is 22.9 Å². The second-order valence-corrected chi connectivity index (χ2v) is 5.70. The van der Waals surface area contributed by atoms with Crippen LogP contribution in [0.5, 0.6) is 0 Å². The average Bonchev–Trinajstić information content (AvgIpc) is 2.66. The molecule has 0 spiro atoms. The molecule has 1 aliphatic rings. The third-order valence-corrected chi connectivity index (χ3v) is 4.01. The summed E-state index contributed by atoms with van der Waals surface area (Å²) < 4.78 is 40.4. The molecule has 3 rings (SSSR count). The molecular weight excluding hydrogens is 309 g/mol. The molecule has 23 heavy (non-hydrogen) atoms. The number of nitrogens with zero attached hydrogens (tertiary/aromatic N) is 2. The number of hydrogen-bond acceptors (Lipinski definition) is 3. The highest BCUT2D eigenvalue weighted by Crippen LogP contribution is 2.31. The molecule has 0 saturated carbocycles. The number of benzene rings is 1. The van der Waals surface area contributed by atoms with Gasteiger partial charge in [-0.2, -0.15) is 0 Å². The number of rotatable bonds is 2. The molecule has 2 heterocycles. The summed E-state index contributed by atoms with van der Waals surface area (Å²) in [5.74, 6) is -4.30. The molecule has 0 aliphatic carbocycles. The number of anilines is 1. The van der Waals surface area contributed by atoms with Crippen LogP contribution in [0.1, 0.15) is 29.6 Å². The Morgan fingerprint density at radius 1 is 1.22 bits per heavy atom. The van der Waals surface area contributed by atoms with Gasteiger partial charge in [-0.3, -0.25) is 0 Å². The maximum absolute atomic E-state index is 13.5. The van der Waals surface area contributed by atoms with Gasteiger partial charge >= 0.3 is 5.97 Å². The minimum absolute atomic E-state index is 0.0150. The van der Waals surface area contributed by atoms with E-state index in [1.807, 2.05) is 0 Å². The number of fused-ring (bicyclic) bond motifs is 1. The molecule has 0 radical (unpaired) electrons. The quantitative estimate of drug-likeness (QED) is 0.915. The fourth-order valence-electron chi connectivity index (χ4n) is 2.80. The molecule has 0 amide bonds. The Hall–Kier alpha value is -2.31. The van der Waals surface area contributed by atoms with Crippen LogP contribution in [-0.2, 0) is 0 Å². The Bertz CT molecular complexity index is 764. The van der Waals surface area contributed by atoms with Crippen molar-refractivity contribution in [3.63, 3.8) is 0 Å². The molecule has 2 aromatic rings. The molecule has 1 aliphatic heterocycles. The first kappa shape index (κ1) is 15.6. The van der Waals surface area contributed by atoms with Gasteiger partial charge in [0.2, 0.25) is 5.92 Å². The monoisotopic (exact) mass is 324 g/mol. The highest BCUT2D eigenvalue weighted by molar-refractivity contribution is 5.98. The number of alkyl halides is 2. The first-order valence-corrected chi connectivity index (χ1v) is 7.32. The predicted octanol–water partition coefficient (Wildman–Crippen LogP) is 3.70. The molecule has 122 valence electrons. The molecule has 0 unspecified atom stereocenters. The van der Waals surface area contributed by atoms with E-state index in [0.717, 1.165) is 0 Å². The van der Waals surface area contributed by atoms with Crippen molar-refractivity contribution in [3.8, 4) is 0 Å². The summed E-state index contributed by atoms with van der Waals surface area (Å²) >= 11 is 0. The summed E-state index contributed by atoms with van der Waals surface area (Å²) in [7, 11) is 0. The average molecular weight is 324 g/mol. The Morgan fingerprint density at radius 2 is 2.00 bits per heavy atom. The van der Waals surface area contributed by atoms with Crippen molar-refractivity contribution < 1.29 is 23.1 Å². The van der Waals surface area contributed by atoms with E-state index in [0.29, 0.717) is 17.4 Å². The number of carboxylic acids is 1. The SMILES string of the molecule is O=C(O)c1cc2ccc(F)cc2nc1N1CCCC(F)(F)CC1. The minimum atomic E-state index is -2.75. The van der Waals surface area contributed by atoms with Gasteiger partial charge in [-0.15, -0.1) is 0 Å². The zero-order valence-electron chi connectivity index (χ0n) is 12.2. The Kier molecular flexibility index (Phi) is 3.87. The number of carboxylic acid groups (broad SMARTS) is 1. The van der Waals surface area contributed by atoms with E-state index in [1.165, 1.54) is 24.3 Å². The molecular formula is C16H15F3N2O2. The van der Waals surface area contributed by atoms with Gasteiger partial charge in [0.05, 0.1) is 5.52 Å². The lowest BCUT2D eigenvalue weighted by Crippen LogP contribution is -2.28. The van der Waals surface area contributed by atoms with Gasteiger partial charge < -0.3 is 10.0 Å². The number of hydrogen-bond donors (Lipinski definition) is 1. The van der Waals surface area contributed by atoms with Gasteiger partial charge in [0, 0.05) is 37.4 Å². The first-order valence-electron chi connectivity index (χ1n) is 7.32. The van der Waals surface area contributed by atoms with Crippen LogP contribution in [0.15, 0.2) is 24.3 Å². The third-order valence-electron chi connectivity index (χ3n) is 4.01. The standard InChI is InChI=1S/C16H15F3N2O2/c17-11-3-2-10-8-12(15(22)23)14(20-13(10)9-11)21-6-1-4-16(18,19)5-7-21/h2-3,8-9H,1,4-7H2,(H,22,23). The number of pyridine rings is 1. The lowest BCUT2D eigenvalue weighted by Gasteiger charge is -2.23. The van der Waals surface area contributed by atoms with Crippen LogP contribution in [0.3, 0.4) is 0 Å². The highest BCUT2D eigenvalue weighted by atomic mass is 19.3. The van der Waals surface area contributed by atoms with Crippen LogP contribution in [0, 0.1) is 5.82 Å². The number of carbonyl (C=O) groups is 1. The maximum atomic E-state index is 13.5. The Balaban J connectivity index is 2.07. The predicted molar refractivity (Wildman–Crippen MR) is 79.7 cm³/mol. The molecule has 1 saturated heterocycles. The summed E-state index contributed by atoms with van der Waals surface area (Å²) in [5, 5.41) is 9.89. The van der Waals surface area contributed by atoms with Gasteiger partial charge in [0.1, 0.15) is 17.2 Å². The van der Waals surface area contributed by atoms with Crippen LogP contribution in [0.4, 0.5) is 19.0 Å². The molecule has 1 fully saturated rings. The summed E-state index contributed by atoms with van der Waals surface area (Å²) in [6.07, 6.45) is -0.335. The molecule has 1 aromatic carbocycles. The molecule has 0 bridgehead atoms. The summed E-state index contributed by atoms with van der Waals surface area (Å²) in [6, 6.07) is 5.28. The van der Waals surface area contributed by atoms with Crippen LogP contribution in [-0.4, -0.2) is 35.1 Å². The fraction of sp³-hybridized carbons (Fsp3) is 0.375. The van der Waals surface area contributed by atoms with Gasteiger partial charge in [0.15, 0.2) is 0 Å². The van der Waals surface area contributed by atoms with Crippen molar-refractivity contribution in [1.82, 2.24) is 4.98 Å². The van der Waals surface area contributed by atoms with Crippen molar-refractivity contribution in [1.29, 1.82) is 0 Å². The highest BCUT2D eigenvalue weighted by Gasteiger charge is 2.33. The number of aromatic carboxylic acids is 1. The fourth-order valence-corrected chi connectivity index (χ4v) is 2.80. The van der Waals surface area contributed by atoms with Crippen molar-refractivity contribution in [2.24, 2.45) is 0 Å². The summed E-state index contributed by atoms with van der Waals surface area (Å²) in [4.78, 5) is 17.3. The second-order valence-electron chi connectivity index (χ2n) is 5.70. The van der Waals surface area contributed by atoms with Gasteiger partial charge in [-0.1, -0.05) is 0 Å². The lowest BCUT2D eigenvalue weighted by molar-refractivity contribution is -0.0102. The Morgan fingerprint density at radius 3 is 2.74 bits per heavy atom. The van der Waals surface area contributed by atoms with Crippen LogP contribution in [0.25, 0.3) is 10.9 Å². The minimum Gasteiger partial charge on any atom is -0.478 e. The number of halogens is 3. The molecule has 0 atom stereocenters. The molecule has 1 aromatic heterocycles. The van der Waals surface area contributed by atoms with E-state index in [1.54, 1.807) is 4.90 Å². The van der Waals surface area contributed by atoms with Crippen molar-refractivity contribution in [2.75, 3.05) is 18.0 Å². The zero-order chi connectivity index (χ0) is 16.6. The van der Waals surface area contributed by atoms with Crippen LogP contribution in [0.2, 0.25) is 0 Å². The van der Waals surface area contributed by atoms with E-state index in [2.05, 4.69) is 4.98 Å². The van der Waals surface area contributed by atoms with Crippen LogP contribution < -0.4 is 4.90 Å². The largest absolute Gasteiger partial charge is 0.478 e. The van der Waals surface area contributed by atoms with E-state index >= 15 is 0 Å². The van der Waals surface area contributed by atoms with Gasteiger partial charge in [0.25, 0.3) is 0 Å². The lowest BCUT2D eigenvalue weighted by atomic mass is 10.1. The first-order chi connectivity index (χ1) is 10.9. The second kappa shape index (κ2) is 5.72. The third kappa shape index (κ3) is 3.23. The molecule has 7 heteroatoms. The smallest absolute Gasteiger partial charge is 0.339 e. The van der Waals surface area contributed by atoms with E-state index < -0.39 is 17.7 Å². The topological polar surface area (TPSA) is 53.4 Å². The molecule has 1 N–H and O–H groups in total. The summed E-state index contributed by atoms with van der Waals surface area (Å²) in [6.45, 7) is 0.310. The van der Waals surface area contributed by atoms with Crippen molar-refractivity contribution in [2.45, 2.75) is 25.2 Å². The van der Waals surface area contributed by atoms with Gasteiger partial charge in [-0.05, 0) is 24.6 Å². The summed E-state index contributed by atoms with van der Waals surface area (Å²) in [5.41, 5.74) is 0.246.